The molecule has 0 spiro atoms. The third-order valence-electron chi connectivity index (χ3n) is 2.86. The minimum atomic E-state index is 0.135. The van der Waals surface area contributed by atoms with Crippen LogP contribution in [0.1, 0.15) is 32.6 Å². The molecule has 1 saturated carbocycles. The highest BCUT2D eigenvalue weighted by molar-refractivity contribution is 5.94. The zero-order valence-electron chi connectivity index (χ0n) is 7.73. The summed E-state index contributed by atoms with van der Waals surface area (Å²) in [6, 6.07) is 0. The van der Waals surface area contributed by atoms with Crippen LogP contribution in [0.4, 0.5) is 0 Å². The van der Waals surface area contributed by atoms with Crippen molar-refractivity contribution in [1.82, 2.24) is 0 Å². The molecule has 2 N–H and O–H groups in total. The number of rotatable bonds is 4. The molecule has 2 heteroatoms. The van der Waals surface area contributed by atoms with Crippen molar-refractivity contribution in [3.8, 4) is 0 Å². The number of carbonyl (C=O) groups excluding carboxylic acids is 1. The van der Waals surface area contributed by atoms with Gasteiger partial charge in [-0.2, -0.15) is 0 Å². The molecule has 0 saturated heterocycles. The molecule has 0 radical (unpaired) electrons. The van der Waals surface area contributed by atoms with Gasteiger partial charge < -0.3 is 5.73 Å². The molecule has 1 fully saturated rings. The van der Waals surface area contributed by atoms with Gasteiger partial charge in [0.2, 0.25) is 0 Å². The second-order valence-electron chi connectivity index (χ2n) is 3.94. The Morgan fingerprint density at radius 3 is 2.42 bits per heavy atom. The standard InChI is InChI=1S/C10H17NO/c1-8(2)9(12)6-10(7-11)4-3-5-10/h1,3-7,11H2,2H3. The van der Waals surface area contributed by atoms with Crippen LogP contribution in [0, 0.1) is 5.41 Å². The second kappa shape index (κ2) is 3.40. The van der Waals surface area contributed by atoms with Crippen LogP contribution in [0.15, 0.2) is 12.2 Å². The van der Waals surface area contributed by atoms with E-state index in [2.05, 4.69) is 6.58 Å². The molecule has 0 aromatic carbocycles. The molecule has 1 aliphatic carbocycles. The summed E-state index contributed by atoms with van der Waals surface area (Å²) < 4.78 is 0. The lowest BCUT2D eigenvalue weighted by Crippen LogP contribution is -2.39. The number of Topliss-reactive ketones (excluding diaryl/α,β-unsaturated/α-hetero) is 1. The first-order chi connectivity index (χ1) is 5.59. The molecule has 0 bridgehead atoms. The van der Waals surface area contributed by atoms with Gasteiger partial charge in [0.05, 0.1) is 0 Å². The highest BCUT2D eigenvalue weighted by Crippen LogP contribution is 2.43. The third-order valence-corrected chi connectivity index (χ3v) is 2.86. The van der Waals surface area contributed by atoms with Crippen LogP contribution < -0.4 is 5.73 Å². The van der Waals surface area contributed by atoms with Crippen molar-refractivity contribution in [2.75, 3.05) is 6.54 Å². The van der Waals surface area contributed by atoms with Gasteiger partial charge in [0.15, 0.2) is 5.78 Å². The fraction of sp³-hybridized carbons (Fsp3) is 0.700. The Balaban J connectivity index is 2.48. The Kier molecular flexibility index (Phi) is 2.68. The van der Waals surface area contributed by atoms with E-state index in [0.717, 1.165) is 12.8 Å². The summed E-state index contributed by atoms with van der Waals surface area (Å²) in [4.78, 5) is 11.4. The smallest absolute Gasteiger partial charge is 0.158 e. The monoisotopic (exact) mass is 167 g/mol. The number of nitrogens with two attached hydrogens (primary N) is 1. The molecular formula is C10H17NO. The molecular weight excluding hydrogens is 150 g/mol. The maximum absolute atomic E-state index is 11.4. The predicted molar refractivity (Wildman–Crippen MR) is 49.8 cm³/mol. The van der Waals surface area contributed by atoms with E-state index in [1.807, 2.05) is 0 Å². The molecule has 0 atom stereocenters. The summed E-state index contributed by atoms with van der Waals surface area (Å²) in [6.07, 6.45) is 4.06. The summed E-state index contributed by atoms with van der Waals surface area (Å²) in [5.41, 5.74) is 6.43. The first kappa shape index (κ1) is 9.46. The van der Waals surface area contributed by atoms with Gasteiger partial charge in [0.1, 0.15) is 0 Å². The zero-order chi connectivity index (χ0) is 9.19. The number of hydrogen-bond acceptors (Lipinski definition) is 2. The van der Waals surface area contributed by atoms with Gasteiger partial charge in [0, 0.05) is 6.42 Å². The van der Waals surface area contributed by atoms with Crippen LogP contribution in [0.25, 0.3) is 0 Å². The highest BCUT2D eigenvalue weighted by Gasteiger charge is 2.37. The fourth-order valence-electron chi connectivity index (χ4n) is 1.62. The number of hydrogen-bond donors (Lipinski definition) is 1. The van der Waals surface area contributed by atoms with Crippen molar-refractivity contribution in [3.05, 3.63) is 12.2 Å². The van der Waals surface area contributed by atoms with E-state index in [1.165, 1.54) is 6.42 Å². The molecule has 0 aromatic rings. The first-order valence-corrected chi connectivity index (χ1v) is 4.48. The van der Waals surface area contributed by atoms with Crippen molar-refractivity contribution in [3.63, 3.8) is 0 Å². The van der Waals surface area contributed by atoms with E-state index in [4.69, 9.17) is 5.73 Å². The summed E-state index contributed by atoms with van der Waals surface area (Å²) in [6.45, 7) is 6.06. The van der Waals surface area contributed by atoms with Gasteiger partial charge >= 0.3 is 0 Å². The van der Waals surface area contributed by atoms with Gasteiger partial charge in [-0.3, -0.25) is 4.79 Å². The van der Waals surface area contributed by atoms with Crippen molar-refractivity contribution in [1.29, 1.82) is 0 Å². The van der Waals surface area contributed by atoms with Crippen molar-refractivity contribution in [2.45, 2.75) is 32.6 Å². The van der Waals surface area contributed by atoms with Crippen LogP contribution >= 0.6 is 0 Å². The quantitative estimate of drug-likeness (QED) is 0.647. The minimum absolute atomic E-state index is 0.135. The predicted octanol–water partition coefficient (Wildman–Crippen LogP) is 1.65. The van der Waals surface area contributed by atoms with Gasteiger partial charge in [0.25, 0.3) is 0 Å². The van der Waals surface area contributed by atoms with Crippen molar-refractivity contribution < 1.29 is 4.79 Å². The molecule has 12 heavy (non-hydrogen) atoms. The van der Waals surface area contributed by atoms with E-state index in [0.29, 0.717) is 18.5 Å². The van der Waals surface area contributed by atoms with E-state index < -0.39 is 0 Å². The van der Waals surface area contributed by atoms with Gasteiger partial charge in [-0.25, -0.2) is 0 Å². The lowest BCUT2D eigenvalue weighted by Gasteiger charge is -2.40. The summed E-state index contributed by atoms with van der Waals surface area (Å²) in [7, 11) is 0. The number of allylic oxidation sites excluding steroid dienone is 1. The fourth-order valence-corrected chi connectivity index (χ4v) is 1.62. The van der Waals surface area contributed by atoms with E-state index >= 15 is 0 Å². The second-order valence-corrected chi connectivity index (χ2v) is 3.94. The molecule has 2 nitrogen and oxygen atoms in total. The molecule has 68 valence electrons. The van der Waals surface area contributed by atoms with E-state index in [-0.39, 0.29) is 11.2 Å². The van der Waals surface area contributed by atoms with Gasteiger partial charge in [-0.05, 0) is 37.3 Å². The van der Waals surface area contributed by atoms with Crippen molar-refractivity contribution >= 4 is 5.78 Å². The number of carbonyl (C=O) groups is 1. The number of ketones is 1. The molecule has 0 aromatic heterocycles. The van der Waals surface area contributed by atoms with Gasteiger partial charge in [-0.1, -0.05) is 13.0 Å². The largest absolute Gasteiger partial charge is 0.330 e. The average Bonchev–Trinajstić information content (AvgIpc) is 1.96. The van der Waals surface area contributed by atoms with Crippen LogP contribution in [0.3, 0.4) is 0 Å². The molecule has 0 heterocycles. The normalized spacial score (nSPS) is 19.8. The Bertz CT molecular complexity index is 198. The van der Waals surface area contributed by atoms with E-state index in [1.54, 1.807) is 6.92 Å². The summed E-state index contributed by atoms with van der Waals surface area (Å²) >= 11 is 0. The maximum Gasteiger partial charge on any atom is 0.158 e. The molecule has 1 aliphatic rings. The molecule has 0 amide bonds. The van der Waals surface area contributed by atoms with Crippen LogP contribution in [0.2, 0.25) is 0 Å². The van der Waals surface area contributed by atoms with Gasteiger partial charge in [-0.15, -0.1) is 0 Å². The topological polar surface area (TPSA) is 43.1 Å². The summed E-state index contributed by atoms with van der Waals surface area (Å²) in [5, 5.41) is 0. The van der Waals surface area contributed by atoms with Crippen LogP contribution in [-0.2, 0) is 4.79 Å². The Morgan fingerprint density at radius 2 is 2.17 bits per heavy atom. The minimum Gasteiger partial charge on any atom is -0.330 e. The van der Waals surface area contributed by atoms with E-state index in [9.17, 15) is 4.79 Å². The Labute approximate surface area is 73.8 Å². The Hall–Kier alpha value is -0.630. The lowest BCUT2D eigenvalue weighted by atomic mass is 9.65. The SMILES string of the molecule is C=C(C)C(=O)CC1(CN)CCC1. The molecule has 0 aliphatic heterocycles. The first-order valence-electron chi connectivity index (χ1n) is 4.48. The highest BCUT2D eigenvalue weighted by atomic mass is 16.1. The summed E-state index contributed by atoms with van der Waals surface area (Å²) in [5.74, 6) is 0.181. The molecule has 0 unspecified atom stereocenters. The maximum atomic E-state index is 11.4. The van der Waals surface area contributed by atoms with Crippen LogP contribution in [-0.4, -0.2) is 12.3 Å². The zero-order valence-corrected chi connectivity index (χ0v) is 7.73. The van der Waals surface area contributed by atoms with Crippen LogP contribution in [0.5, 0.6) is 0 Å². The third kappa shape index (κ3) is 1.75. The van der Waals surface area contributed by atoms with Crippen molar-refractivity contribution in [2.24, 2.45) is 11.1 Å². The Morgan fingerprint density at radius 1 is 1.58 bits per heavy atom. The lowest BCUT2D eigenvalue weighted by molar-refractivity contribution is -0.118. The molecule has 1 rings (SSSR count). The average molecular weight is 167 g/mol.